The Balaban J connectivity index is 1.70. The van der Waals surface area contributed by atoms with E-state index in [-0.39, 0.29) is 23.6 Å². The summed E-state index contributed by atoms with van der Waals surface area (Å²) >= 11 is 0. The van der Waals surface area contributed by atoms with Crippen LogP contribution in [-0.4, -0.2) is 38.8 Å². The number of rotatable bonds is 5. The topological polar surface area (TPSA) is 86.1 Å². The first-order chi connectivity index (χ1) is 11.4. The Labute approximate surface area is 137 Å². The molecule has 0 unspecified atom stereocenters. The maximum atomic E-state index is 13.0. The van der Waals surface area contributed by atoms with Gasteiger partial charge in [-0.2, -0.15) is 0 Å². The first kappa shape index (κ1) is 16.1. The average Bonchev–Trinajstić information content (AvgIpc) is 3.27. The predicted octanol–water partition coefficient (Wildman–Crippen LogP) is 1.54. The summed E-state index contributed by atoms with van der Waals surface area (Å²) in [7, 11) is 0. The zero-order chi connectivity index (χ0) is 17.3. The van der Waals surface area contributed by atoms with Crippen molar-refractivity contribution in [3.63, 3.8) is 0 Å². The van der Waals surface area contributed by atoms with Gasteiger partial charge in [0.05, 0.1) is 5.69 Å². The molecule has 1 N–H and O–H groups in total. The number of carbonyl (C=O) groups excluding carboxylic acids is 2. The van der Waals surface area contributed by atoms with Crippen molar-refractivity contribution < 1.29 is 18.7 Å². The number of hydrogen-bond donors (Lipinski definition) is 1. The third-order valence-electron chi connectivity index (χ3n) is 3.60. The van der Waals surface area contributed by atoms with Crippen LogP contribution in [0.2, 0.25) is 0 Å². The summed E-state index contributed by atoms with van der Waals surface area (Å²) in [5, 5.41) is 6.83. The molecule has 1 aromatic carbocycles. The minimum absolute atomic E-state index is 0.150. The van der Waals surface area contributed by atoms with Crippen LogP contribution < -0.4 is 5.32 Å². The molecule has 1 saturated carbocycles. The lowest BCUT2D eigenvalue weighted by Gasteiger charge is -2.11. The minimum atomic E-state index is -0.920. The van der Waals surface area contributed by atoms with E-state index in [2.05, 4.69) is 15.4 Å². The number of esters is 1. The molecule has 1 aliphatic carbocycles. The van der Waals surface area contributed by atoms with Gasteiger partial charge in [-0.3, -0.25) is 4.79 Å². The molecule has 0 saturated heterocycles. The molecule has 1 aromatic heterocycles. The van der Waals surface area contributed by atoms with Crippen molar-refractivity contribution in [2.45, 2.75) is 38.8 Å². The van der Waals surface area contributed by atoms with Gasteiger partial charge in [0.1, 0.15) is 11.6 Å². The van der Waals surface area contributed by atoms with Crippen molar-refractivity contribution >= 4 is 11.9 Å². The standard InChI is InChI=1S/C16H17FN4O3/c1-9(15(22)19-12-5-6-12)24-16(23)14-18-10(2)21(20-14)13-7-3-11(17)4-8-13/h3-4,7-9,12H,5-6H2,1-2H3,(H,19,22)/t9-/m0/s1. The van der Waals surface area contributed by atoms with Crippen molar-refractivity contribution in [3.8, 4) is 5.69 Å². The number of amides is 1. The van der Waals surface area contributed by atoms with Crippen molar-refractivity contribution in [1.29, 1.82) is 0 Å². The Morgan fingerprint density at radius 2 is 2.00 bits per heavy atom. The highest BCUT2D eigenvalue weighted by atomic mass is 19.1. The highest BCUT2D eigenvalue weighted by molar-refractivity contribution is 5.89. The first-order valence-electron chi connectivity index (χ1n) is 7.65. The first-order valence-corrected chi connectivity index (χ1v) is 7.65. The maximum absolute atomic E-state index is 13.0. The van der Waals surface area contributed by atoms with E-state index in [9.17, 15) is 14.0 Å². The molecule has 0 radical (unpaired) electrons. The fraction of sp³-hybridized carbons (Fsp3) is 0.375. The molecule has 1 atom stereocenters. The third kappa shape index (κ3) is 3.58. The Hall–Kier alpha value is -2.77. The summed E-state index contributed by atoms with van der Waals surface area (Å²) in [5.74, 6) is -1.18. The fourth-order valence-corrected chi connectivity index (χ4v) is 2.12. The molecule has 7 nitrogen and oxygen atoms in total. The summed E-state index contributed by atoms with van der Waals surface area (Å²) in [6, 6.07) is 5.82. The molecule has 1 heterocycles. The fourth-order valence-electron chi connectivity index (χ4n) is 2.12. The van der Waals surface area contributed by atoms with E-state index >= 15 is 0 Å². The molecule has 24 heavy (non-hydrogen) atoms. The summed E-state index contributed by atoms with van der Waals surface area (Å²) in [4.78, 5) is 28.0. The highest BCUT2D eigenvalue weighted by Crippen LogP contribution is 2.19. The molecule has 3 rings (SSSR count). The van der Waals surface area contributed by atoms with Crippen LogP contribution in [0, 0.1) is 12.7 Å². The minimum Gasteiger partial charge on any atom is -0.447 e. The van der Waals surface area contributed by atoms with Crippen LogP contribution >= 0.6 is 0 Å². The molecule has 2 aromatic rings. The Morgan fingerprint density at radius 3 is 2.62 bits per heavy atom. The molecule has 126 valence electrons. The van der Waals surface area contributed by atoms with E-state index < -0.39 is 12.1 Å². The lowest BCUT2D eigenvalue weighted by Crippen LogP contribution is -2.37. The Bertz CT molecular complexity index is 768. The Kier molecular flexibility index (Phi) is 4.28. The predicted molar refractivity (Wildman–Crippen MR) is 82.1 cm³/mol. The smallest absolute Gasteiger partial charge is 0.379 e. The van der Waals surface area contributed by atoms with E-state index in [0.717, 1.165) is 12.8 Å². The monoisotopic (exact) mass is 332 g/mol. The van der Waals surface area contributed by atoms with Gasteiger partial charge in [-0.1, -0.05) is 0 Å². The number of aromatic nitrogens is 3. The molecule has 0 aliphatic heterocycles. The van der Waals surface area contributed by atoms with Crippen LogP contribution in [0.4, 0.5) is 4.39 Å². The second-order valence-electron chi connectivity index (χ2n) is 5.70. The molecule has 1 aliphatic rings. The van der Waals surface area contributed by atoms with Crippen LogP contribution in [0.3, 0.4) is 0 Å². The number of benzene rings is 1. The van der Waals surface area contributed by atoms with Gasteiger partial charge in [0.15, 0.2) is 6.10 Å². The number of nitrogens with zero attached hydrogens (tertiary/aromatic N) is 3. The zero-order valence-corrected chi connectivity index (χ0v) is 13.3. The number of ether oxygens (including phenoxy) is 1. The molecular formula is C16H17FN4O3. The quantitative estimate of drug-likeness (QED) is 0.839. The van der Waals surface area contributed by atoms with Gasteiger partial charge in [0, 0.05) is 6.04 Å². The van der Waals surface area contributed by atoms with Crippen molar-refractivity contribution in [3.05, 3.63) is 41.7 Å². The lowest BCUT2D eigenvalue weighted by atomic mass is 10.3. The maximum Gasteiger partial charge on any atom is 0.379 e. The second-order valence-corrected chi connectivity index (χ2v) is 5.70. The Morgan fingerprint density at radius 1 is 1.33 bits per heavy atom. The van der Waals surface area contributed by atoms with Crippen LogP contribution in [0.25, 0.3) is 5.69 Å². The third-order valence-corrected chi connectivity index (χ3v) is 3.60. The van der Waals surface area contributed by atoms with Crippen LogP contribution in [-0.2, 0) is 9.53 Å². The normalized spacial score (nSPS) is 15.0. The molecule has 8 heteroatoms. The van der Waals surface area contributed by atoms with Gasteiger partial charge in [-0.05, 0) is 51.0 Å². The van der Waals surface area contributed by atoms with Gasteiger partial charge < -0.3 is 10.1 Å². The highest BCUT2D eigenvalue weighted by Gasteiger charge is 2.28. The van der Waals surface area contributed by atoms with E-state index in [1.54, 1.807) is 6.92 Å². The number of aryl methyl sites for hydroxylation is 1. The number of nitrogens with one attached hydrogen (secondary N) is 1. The van der Waals surface area contributed by atoms with Crippen molar-refractivity contribution in [1.82, 2.24) is 20.1 Å². The largest absolute Gasteiger partial charge is 0.447 e. The van der Waals surface area contributed by atoms with Gasteiger partial charge in [0.25, 0.3) is 11.7 Å². The van der Waals surface area contributed by atoms with Crippen LogP contribution in [0.5, 0.6) is 0 Å². The summed E-state index contributed by atoms with van der Waals surface area (Å²) < 4.78 is 19.5. The number of hydrogen-bond acceptors (Lipinski definition) is 5. The molecule has 1 fully saturated rings. The molecular weight excluding hydrogens is 315 g/mol. The van der Waals surface area contributed by atoms with Gasteiger partial charge in [-0.15, -0.1) is 5.10 Å². The van der Waals surface area contributed by atoms with E-state index in [4.69, 9.17) is 4.74 Å². The summed E-state index contributed by atoms with van der Waals surface area (Å²) in [5.41, 5.74) is 0.569. The summed E-state index contributed by atoms with van der Waals surface area (Å²) in [6.45, 7) is 3.16. The second kappa shape index (κ2) is 6.38. The molecule has 1 amide bonds. The van der Waals surface area contributed by atoms with Crippen molar-refractivity contribution in [2.24, 2.45) is 0 Å². The number of halogens is 1. The SMILES string of the molecule is Cc1nc(C(=O)O[C@@H](C)C(=O)NC2CC2)nn1-c1ccc(F)cc1. The zero-order valence-electron chi connectivity index (χ0n) is 13.3. The van der Waals surface area contributed by atoms with E-state index in [0.29, 0.717) is 11.5 Å². The lowest BCUT2D eigenvalue weighted by molar-refractivity contribution is -0.129. The number of carbonyl (C=O) groups is 2. The summed E-state index contributed by atoms with van der Waals surface area (Å²) in [6.07, 6.45) is 0.987. The van der Waals surface area contributed by atoms with E-state index in [1.807, 2.05) is 0 Å². The van der Waals surface area contributed by atoms with Crippen molar-refractivity contribution in [2.75, 3.05) is 0 Å². The average molecular weight is 332 g/mol. The van der Waals surface area contributed by atoms with Gasteiger partial charge in [0.2, 0.25) is 0 Å². The van der Waals surface area contributed by atoms with Crippen LogP contribution in [0.15, 0.2) is 24.3 Å². The van der Waals surface area contributed by atoms with E-state index in [1.165, 1.54) is 35.9 Å². The van der Waals surface area contributed by atoms with Gasteiger partial charge in [-0.25, -0.2) is 18.9 Å². The molecule has 0 spiro atoms. The van der Waals surface area contributed by atoms with Crippen LogP contribution in [0.1, 0.15) is 36.2 Å². The molecule has 0 bridgehead atoms. The van der Waals surface area contributed by atoms with Gasteiger partial charge >= 0.3 is 5.97 Å².